The Morgan fingerprint density at radius 3 is 2.77 bits per heavy atom. The maximum atomic E-state index is 4.05. The first kappa shape index (κ1) is 10.2. The van der Waals surface area contributed by atoms with Gasteiger partial charge >= 0.3 is 0 Å². The van der Waals surface area contributed by atoms with Crippen LogP contribution in [0.2, 0.25) is 0 Å². The average Bonchev–Trinajstić information content (AvgIpc) is 2.57. The van der Waals surface area contributed by atoms with Crippen LogP contribution in [-0.2, 0) is 6.54 Å². The molecule has 1 aromatic heterocycles. The van der Waals surface area contributed by atoms with Gasteiger partial charge in [-0.05, 0) is 33.7 Å². The summed E-state index contributed by atoms with van der Waals surface area (Å²) in [7, 11) is 2.00. The smallest absolute Gasteiger partial charge is 0.137 e. The number of aryl methyl sites for hydroxylation is 1. The first-order valence-electron chi connectivity index (χ1n) is 4.65. The van der Waals surface area contributed by atoms with E-state index < -0.39 is 0 Å². The molecule has 1 heterocycles. The molecular formula is C9H18N4. The minimum atomic E-state index is 0.223. The van der Waals surface area contributed by atoms with E-state index in [2.05, 4.69) is 29.2 Å². The van der Waals surface area contributed by atoms with E-state index in [9.17, 15) is 0 Å². The topological polar surface area (TPSA) is 42.7 Å². The van der Waals surface area contributed by atoms with Crippen LogP contribution in [0.1, 0.15) is 26.7 Å². The number of rotatable bonds is 5. The second-order valence-electron chi connectivity index (χ2n) is 3.90. The fourth-order valence-corrected chi connectivity index (χ4v) is 1.16. The molecule has 74 valence electrons. The summed E-state index contributed by atoms with van der Waals surface area (Å²) in [4.78, 5) is 3.89. The molecule has 0 atom stereocenters. The third-order valence-corrected chi connectivity index (χ3v) is 2.33. The molecule has 0 fully saturated rings. The van der Waals surface area contributed by atoms with Crippen LogP contribution in [0.15, 0.2) is 12.7 Å². The van der Waals surface area contributed by atoms with E-state index in [1.807, 2.05) is 11.7 Å². The van der Waals surface area contributed by atoms with Crippen molar-refractivity contribution in [3.63, 3.8) is 0 Å². The highest BCUT2D eigenvalue weighted by molar-refractivity contribution is 4.74. The van der Waals surface area contributed by atoms with Crippen molar-refractivity contribution in [2.24, 2.45) is 0 Å². The summed E-state index contributed by atoms with van der Waals surface area (Å²) in [6.45, 7) is 5.35. The molecule has 4 nitrogen and oxygen atoms in total. The maximum Gasteiger partial charge on any atom is 0.137 e. The SMILES string of the molecule is CNC(C)(C)CCCn1cncn1. The quantitative estimate of drug-likeness (QED) is 0.740. The van der Waals surface area contributed by atoms with Gasteiger partial charge in [0.05, 0.1) is 0 Å². The van der Waals surface area contributed by atoms with E-state index in [0.717, 1.165) is 19.4 Å². The Balaban J connectivity index is 2.21. The van der Waals surface area contributed by atoms with Crippen LogP contribution in [-0.4, -0.2) is 27.4 Å². The lowest BCUT2D eigenvalue weighted by Crippen LogP contribution is -2.36. The van der Waals surface area contributed by atoms with Gasteiger partial charge in [-0.25, -0.2) is 4.98 Å². The van der Waals surface area contributed by atoms with Crippen LogP contribution in [0.3, 0.4) is 0 Å². The summed E-state index contributed by atoms with van der Waals surface area (Å²) in [5, 5.41) is 7.32. The molecule has 0 radical (unpaired) electrons. The Bertz CT molecular complexity index is 228. The fraction of sp³-hybridized carbons (Fsp3) is 0.778. The molecule has 0 unspecified atom stereocenters. The average molecular weight is 182 g/mol. The molecule has 0 aliphatic rings. The third kappa shape index (κ3) is 3.55. The zero-order valence-electron chi connectivity index (χ0n) is 8.62. The van der Waals surface area contributed by atoms with E-state index in [-0.39, 0.29) is 5.54 Å². The van der Waals surface area contributed by atoms with E-state index >= 15 is 0 Å². The highest BCUT2D eigenvalue weighted by atomic mass is 15.3. The van der Waals surface area contributed by atoms with Gasteiger partial charge in [-0.15, -0.1) is 0 Å². The monoisotopic (exact) mass is 182 g/mol. The van der Waals surface area contributed by atoms with Crippen LogP contribution < -0.4 is 5.32 Å². The van der Waals surface area contributed by atoms with Crippen molar-refractivity contribution >= 4 is 0 Å². The van der Waals surface area contributed by atoms with E-state index in [1.54, 1.807) is 12.7 Å². The van der Waals surface area contributed by atoms with Crippen molar-refractivity contribution in [1.82, 2.24) is 20.1 Å². The summed E-state index contributed by atoms with van der Waals surface area (Å²) in [6, 6.07) is 0. The van der Waals surface area contributed by atoms with Crippen molar-refractivity contribution in [1.29, 1.82) is 0 Å². The van der Waals surface area contributed by atoms with Gasteiger partial charge in [-0.2, -0.15) is 5.10 Å². The molecule has 0 bridgehead atoms. The minimum Gasteiger partial charge on any atom is -0.315 e. The van der Waals surface area contributed by atoms with Gasteiger partial charge in [0.1, 0.15) is 12.7 Å². The minimum absolute atomic E-state index is 0.223. The lowest BCUT2D eigenvalue weighted by Gasteiger charge is -2.23. The van der Waals surface area contributed by atoms with Gasteiger partial charge in [0.2, 0.25) is 0 Å². The third-order valence-electron chi connectivity index (χ3n) is 2.33. The zero-order chi connectivity index (χ0) is 9.73. The predicted molar refractivity (Wildman–Crippen MR) is 52.4 cm³/mol. The van der Waals surface area contributed by atoms with Gasteiger partial charge in [0, 0.05) is 12.1 Å². The van der Waals surface area contributed by atoms with E-state index in [1.165, 1.54) is 0 Å². The molecule has 0 saturated carbocycles. The Hall–Kier alpha value is -0.900. The van der Waals surface area contributed by atoms with Crippen LogP contribution in [0.4, 0.5) is 0 Å². The lowest BCUT2D eigenvalue weighted by atomic mass is 9.99. The fourth-order valence-electron chi connectivity index (χ4n) is 1.16. The number of nitrogens with zero attached hydrogens (tertiary/aromatic N) is 3. The standard InChI is InChI=1S/C9H18N4/c1-9(2,10-3)5-4-6-13-8-11-7-12-13/h7-8,10H,4-6H2,1-3H3. The highest BCUT2D eigenvalue weighted by Gasteiger charge is 2.13. The maximum absolute atomic E-state index is 4.05. The Morgan fingerprint density at radius 1 is 1.46 bits per heavy atom. The van der Waals surface area contributed by atoms with Crippen LogP contribution in [0, 0.1) is 0 Å². The first-order valence-corrected chi connectivity index (χ1v) is 4.65. The molecule has 0 aliphatic carbocycles. The molecule has 1 N–H and O–H groups in total. The molecule has 0 amide bonds. The lowest BCUT2D eigenvalue weighted by molar-refractivity contribution is 0.366. The summed E-state index contributed by atoms with van der Waals surface area (Å²) in [5.74, 6) is 0. The second-order valence-corrected chi connectivity index (χ2v) is 3.90. The number of nitrogens with one attached hydrogen (secondary N) is 1. The van der Waals surface area contributed by atoms with Gasteiger partial charge in [-0.1, -0.05) is 0 Å². The second kappa shape index (κ2) is 4.37. The number of aromatic nitrogens is 3. The molecule has 4 heteroatoms. The van der Waals surface area contributed by atoms with E-state index in [4.69, 9.17) is 0 Å². The van der Waals surface area contributed by atoms with Crippen LogP contribution >= 0.6 is 0 Å². The first-order chi connectivity index (χ1) is 6.14. The molecule has 0 saturated heterocycles. The number of hydrogen-bond donors (Lipinski definition) is 1. The predicted octanol–water partition coefficient (Wildman–Crippen LogP) is 1.06. The molecule has 13 heavy (non-hydrogen) atoms. The molecule has 1 rings (SSSR count). The summed E-state index contributed by atoms with van der Waals surface area (Å²) in [5.41, 5.74) is 0.223. The van der Waals surface area contributed by atoms with Crippen molar-refractivity contribution in [2.45, 2.75) is 38.8 Å². The van der Waals surface area contributed by atoms with Gasteiger partial charge in [0.25, 0.3) is 0 Å². The summed E-state index contributed by atoms with van der Waals surface area (Å²) in [6.07, 6.45) is 5.59. The van der Waals surface area contributed by atoms with Crippen molar-refractivity contribution in [2.75, 3.05) is 7.05 Å². The largest absolute Gasteiger partial charge is 0.315 e. The van der Waals surface area contributed by atoms with Gasteiger partial charge < -0.3 is 5.32 Å². The highest BCUT2D eigenvalue weighted by Crippen LogP contribution is 2.10. The Kier molecular flexibility index (Phi) is 3.42. The molecular weight excluding hydrogens is 164 g/mol. The normalized spacial score (nSPS) is 11.9. The van der Waals surface area contributed by atoms with Crippen LogP contribution in [0.5, 0.6) is 0 Å². The van der Waals surface area contributed by atoms with Gasteiger partial charge in [-0.3, -0.25) is 4.68 Å². The zero-order valence-corrected chi connectivity index (χ0v) is 8.62. The van der Waals surface area contributed by atoms with Crippen LogP contribution in [0.25, 0.3) is 0 Å². The van der Waals surface area contributed by atoms with Crippen molar-refractivity contribution in [3.05, 3.63) is 12.7 Å². The Labute approximate surface area is 79.4 Å². The molecule has 1 aromatic rings. The summed E-state index contributed by atoms with van der Waals surface area (Å²) < 4.78 is 1.87. The van der Waals surface area contributed by atoms with Gasteiger partial charge in [0.15, 0.2) is 0 Å². The van der Waals surface area contributed by atoms with Crippen molar-refractivity contribution < 1.29 is 0 Å². The van der Waals surface area contributed by atoms with Crippen molar-refractivity contribution in [3.8, 4) is 0 Å². The van der Waals surface area contributed by atoms with E-state index in [0.29, 0.717) is 0 Å². The molecule has 0 aromatic carbocycles. The molecule has 0 aliphatic heterocycles. The number of hydrogen-bond acceptors (Lipinski definition) is 3. The Morgan fingerprint density at radius 2 is 2.23 bits per heavy atom. The summed E-state index contributed by atoms with van der Waals surface area (Å²) >= 11 is 0. The molecule has 0 spiro atoms.